The first kappa shape index (κ1) is 4.68. The Morgan fingerprint density at radius 1 is 1.33 bits per heavy atom. The van der Waals surface area contributed by atoms with Gasteiger partial charge in [0, 0.05) is 0 Å². The van der Waals surface area contributed by atoms with E-state index in [9.17, 15) is 10.4 Å². The Morgan fingerprint density at radius 2 is 1.67 bits per heavy atom. The third kappa shape index (κ3) is 0.776. The molecule has 0 radical (unpaired) electrons. The zero-order valence-electron chi connectivity index (χ0n) is 2.60. The van der Waals surface area contributed by atoms with Crippen molar-refractivity contribution in [2.75, 3.05) is 0 Å². The number of quaternary nitrogens is 2. The second-order valence-electron chi connectivity index (χ2n) is 0.672. The van der Waals surface area contributed by atoms with Crippen LogP contribution >= 0.6 is 0 Å². The molecular formula is H2IN2O3-. The van der Waals surface area contributed by atoms with Gasteiger partial charge in [-0.3, -0.25) is 0 Å². The minimum absolute atomic E-state index is 0.307. The molecule has 0 saturated carbocycles. The summed E-state index contributed by atoms with van der Waals surface area (Å²) in [6.45, 7) is 0. The summed E-state index contributed by atoms with van der Waals surface area (Å²) in [6.07, 6.45) is 0. The number of rotatable bonds is 0. The molecule has 1 saturated heterocycles. The fraction of sp³-hybridized carbons (Fsp3) is 0. The molecule has 2 unspecified atom stereocenters. The van der Waals surface area contributed by atoms with Gasteiger partial charge in [-0.15, -0.1) is 0 Å². The zero-order valence-corrected chi connectivity index (χ0v) is 4.76. The van der Waals surface area contributed by atoms with Gasteiger partial charge in [0.15, 0.2) is 0 Å². The van der Waals surface area contributed by atoms with Crippen LogP contribution < -0.4 is 28.6 Å². The molecule has 1 fully saturated rings. The summed E-state index contributed by atoms with van der Waals surface area (Å²) in [5.74, 6) is 0. The summed E-state index contributed by atoms with van der Waals surface area (Å²) in [5, 5.41) is 19.4. The van der Waals surface area contributed by atoms with E-state index in [4.69, 9.17) is 0 Å². The fourth-order valence-electron chi connectivity index (χ4n) is 0.134. The van der Waals surface area contributed by atoms with Crippen molar-refractivity contribution in [2.45, 2.75) is 0 Å². The molecule has 1 heterocycles. The van der Waals surface area contributed by atoms with Gasteiger partial charge in [0.05, 0.1) is 0 Å². The summed E-state index contributed by atoms with van der Waals surface area (Å²) in [4.78, 5) is 3.91. The molecule has 0 spiro atoms. The molecular weight excluding hydrogens is 203 g/mol. The van der Waals surface area contributed by atoms with Gasteiger partial charge in [-0.25, -0.2) is 0 Å². The molecule has 0 aromatic heterocycles. The van der Waals surface area contributed by atoms with Crippen molar-refractivity contribution in [3.8, 4) is 0 Å². The van der Waals surface area contributed by atoms with E-state index in [1.807, 2.05) is 0 Å². The van der Waals surface area contributed by atoms with Gasteiger partial charge in [0.25, 0.3) is 0 Å². The molecule has 0 aromatic rings. The Kier molecular flexibility index (Phi) is 1.22. The van der Waals surface area contributed by atoms with Crippen molar-refractivity contribution in [2.24, 2.45) is 0 Å². The average molecular weight is 205 g/mol. The van der Waals surface area contributed by atoms with E-state index in [0.29, 0.717) is 0 Å². The number of nitrogens with one attached hydrogen (secondary N) is 2. The third-order valence-electron chi connectivity index (χ3n) is 0.315. The van der Waals surface area contributed by atoms with Crippen LogP contribution in [0.3, 0.4) is 0 Å². The Bertz CT molecular complexity index is 44.8. The average Bonchev–Trinajstić information content (AvgIpc) is 1.33. The van der Waals surface area contributed by atoms with Crippen LogP contribution in [0.1, 0.15) is 0 Å². The molecule has 6 heteroatoms. The summed E-state index contributed by atoms with van der Waals surface area (Å²) in [5.41, 5.74) is 0. The Balaban J connectivity index is 2.11. The quantitative estimate of drug-likeness (QED) is 0.235. The molecule has 0 aromatic carbocycles. The van der Waals surface area contributed by atoms with E-state index in [-0.39, 0.29) is 6.88 Å². The van der Waals surface area contributed by atoms with E-state index >= 15 is 0 Å². The Morgan fingerprint density at radius 3 is 1.67 bits per heavy atom. The predicted octanol–water partition coefficient (Wildman–Crippen LogP) is -6.47. The first-order valence-electron chi connectivity index (χ1n) is 1.19. The summed E-state index contributed by atoms with van der Waals surface area (Å²) < 4.78 is -0.613. The number of halogens is 1. The maximum absolute atomic E-state index is 9.72. The summed E-state index contributed by atoms with van der Waals surface area (Å²) >= 11 is -0.834. The fourth-order valence-corrected chi connectivity index (χ4v) is 0.804. The monoisotopic (exact) mass is 205 g/mol. The number of hydrogen-bond acceptors (Lipinski definition) is 3. The van der Waals surface area contributed by atoms with E-state index in [1.165, 1.54) is 0 Å². The van der Waals surface area contributed by atoms with E-state index in [1.54, 1.807) is 0 Å². The zero-order chi connectivity index (χ0) is 4.57. The van der Waals surface area contributed by atoms with Crippen LogP contribution in [0.15, 0.2) is 0 Å². The third-order valence-corrected chi connectivity index (χ3v) is 1.64. The summed E-state index contributed by atoms with van der Waals surface area (Å²) in [7, 11) is 0. The van der Waals surface area contributed by atoms with Crippen LogP contribution in [0.5, 0.6) is 0 Å². The topological polar surface area (TPSA) is 64.2 Å². The molecule has 5 nitrogen and oxygen atoms in total. The van der Waals surface area contributed by atoms with Gasteiger partial charge in [-0.1, -0.05) is 0 Å². The van der Waals surface area contributed by atoms with Crippen molar-refractivity contribution in [3.63, 3.8) is 0 Å². The second kappa shape index (κ2) is 1.56. The molecule has 1 aliphatic heterocycles. The molecule has 2 N–H and O–H groups in total. The van der Waals surface area contributed by atoms with Crippen molar-refractivity contribution in [1.29, 1.82) is 0 Å². The van der Waals surface area contributed by atoms with Crippen LogP contribution in [0.25, 0.3) is 0 Å². The van der Waals surface area contributed by atoms with Crippen molar-refractivity contribution < 1.29 is 33.6 Å². The van der Waals surface area contributed by atoms with Crippen LogP contribution in [-0.2, 0) is 4.94 Å². The number of hydrogen-bond donors (Lipinski definition) is 2. The predicted molar refractivity (Wildman–Crippen MR) is 9.74 cm³/mol. The van der Waals surface area contributed by atoms with Crippen LogP contribution in [0.4, 0.5) is 0 Å². The normalized spacial score (nSPS) is 46.3. The molecule has 0 amide bonds. The van der Waals surface area contributed by atoms with Crippen molar-refractivity contribution >= 4 is 0 Å². The first-order valence-corrected chi connectivity index (χ1v) is 3.35. The summed E-state index contributed by atoms with van der Waals surface area (Å²) in [6, 6.07) is 0. The minimum atomic E-state index is -0.834. The SMILES string of the molecule is [O-][NH+]1O[NH+]([O-])[I-]1. The maximum atomic E-state index is 9.72. The second-order valence-corrected chi connectivity index (χ2v) is 2.97. The van der Waals surface area contributed by atoms with Crippen molar-refractivity contribution in [3.05, 3.63) is 10.4 Å². The van der Waals surface area contributed by atoms with Crippen LogP contribution in [0, 0.1) is 10.4 Å². The van der Waals surface area contributed by atoms with Gasteiger partial charge in [0.2, 0.25) is 0 Å². The van der Waals surface area contributed by atoms with Gasteiger partial charge in [-0.05, 0) is 0 Å². The van der Waals surface area contributed by atoms with Crippen LogP contribution in [0.2, 0.25) is 0 Å². The molecule has 0 aliphatic carbocycles. The van der Waals surface area contributed by atoms with E-state index < -0.39 is 21.8 Å². The van der Waals surface area contributed by atoms with Gasteiger partial charge >= 0.3 is 44.0 Å². The van der Waals surface area contributed by atoms with E-state index in [0.717, 1.165) is 0 Å². The Labute approximate surface area is 44.5 Å². The van der Waals surface area contributed by atoms with Gasteiger partial charge in [0.1, 0.15) is 0 Å². The molecule has 2 atom stereocenters. The van der Waals surface area contributed by atoms with E-state index in [2.05, 4.69) is 4.94 Å². The molecule has 1 rings (SSSR count). The van der Waals surface area contributed by atoms with Crippen molar-refractivity contribution in [1.82, 2.24) is 0 Å². The van der Waals surface area contributed by atoms with Gasteiger partial charge in [-0.2, -0.15) is 0 Å². The standard InChI is InChI=1S/H2IN2O3/c4-2-1-3(5)6-2/h2-3H/q-1. The Hall–Kier alpha value is 0.530. The molecule has 6 heavy (non-hydrogen) atoms. The van der Waals surface area contributed by atoms with Crippen LogP contribution in [-0.4, -0.2) is 0 Å². The molecule has 0 bridgehead atoms. The first-order chi connectivity index (χ1) is 2.79. The molecule has 1 aliphatic rings. The van der Waals surface area contributed by atoms with Gasteiger partial charge < -0.3 is 0 Å². The molecule has 38 valence electrons.